The van der Waals surface area contributed by atoms with Crippen molar-refractivity contribution in [2.45, 2.75) is 57.4 Å². The Balaban J connectivity index is 1.33. The molecule has 2 aliphatic rings. The van der Waals surface area contributed by atoms with Crippen LogP contribution in [0.4, 0.5) is 0 Å². The highest BCUT2D eigenvalue weighted by Crippen LogP contribution is 2.24. The lowest BCUT2D eigenvalue weighted by molar-refractivity contribution is -0.132. The molecule has 1 aromatic rings. The standard InChI is InChI=1S/C22H31N3O3/c26-20(11-14-23-21(27)17-7-3-1-4-8-17)25-15-12-19(13-16-25)24-22(28)18-9-5-2-6-10-18/h1,3-4,7-8,18-19H,2,5-6,9-16H2,(H,23,27)(H,24,28). The number of rotatable bonds is 6. The number of carbonyl (C=O) groups excluding carboxylic acids is 3. The van der Waals surface area contributed by atoms with E-state index >= 15 is 0 Å². The monoisotopic (exact) mass is 385 g/mol. The molecule has 28 heavy (non-hydrogen) atoms. The summed E-state index contributed by atoms with van der Waals surface area (Å²) in [7, 11) is 0. The minimum absolute atomic E-state index is 0.0606. The molecule has 152 valence electrons. The first-order chi connectivity index (χ1) is 13.6. The predicted molar refractivity (Wildman–Crippen MR) is 108 cm³/mol. The van der Waals surface area contributed by atoms with Crippen LogP contribution in [0.5, 0.6) is 0 Å². The van der Waals surface area contributed by atoms with Crippen molar-refractivity contribution in [1.29, 1.82) is 0 Å². The largest absolute Gasteiger partial charge is 0.353 e. The van der Waals surface area contributed by atoms with Gasteiger partial charge in [-0.2, -0.15) is 0 Å². The second-order valence-corrected chi connectivity index (χ2v) is 7.87. The van der Waals surface area contributed by atoms with E-state index in [0.717, 1.165) is 38.5 Å². The van der Waals surface area contributed by atoms with Gasteiger partial charge in [0.15, 0.2) is 0 Å². The van der Waals surface area contributed by atoms with Crippen LogP contribution in [-0.2, 0) is 9.59 Å². The van der Waals surface area contributed by atoms with Gasteiger partial charge in [0, 0.05) is 43.6 Å². The smallest absolute Gasteiger partial charge is 0.251 e. The maximum absolute atomic E-state index is 12.4. The van der Waals surface area contributed by atoms with Crippen LogP contribution in [0.15, 0.2) is 30.3 Å². The zero-order chi connectivity index (χ0) is 19.8. The Hall–Kier alpha value is -2.37. The molecule has 0 bridgehead atoms. The van der Waals surface area contributed by atoms with Gasteiger partial charge in [-0.3, -0.25) is 14.4 Å². The van der Waals surface area contributed by atoms with Crippen molar-refractivity contribution >= 4 is 17.7 Å². The molecule has 0 atom stereocenters. The van der Waals surface area contributed by atoms with E-state index in [1.165, 1.54) is 6.42 Å². The lowest BCUT2D eigenvalue weighted by atomic mass is 9.88. The SMILES string of the molecule is O=C(NCCC(=O)N1CCC(NC(=O)C2CCCCC2)CC1)c1ccccc1. The van der Waals surface area contributed by atoms with Gasteiger partial charge in [-0.15, -0.1) is 0 Å². The molecule has 3 rings (SSSR count). The van der Waals surface area contributed by atoms with Crippen LogP contribution in [0.3, 0.4) is 0 Å². The Morgan fingerprint density at radius 1 is 0.929 bits per heavy atom. The molecule has 1 aliphatic carbocycles. The summed E-state index contributed by atoms with van der Waals surface area (Å²) in [6.07, 6.45) is 7.50. The van der Waals surface area contributed by atoms with Crippen molar-refractivity contribution in [1.82, 2.24) is 15.5 Å². The molecule has 1 heterocycles. The van der Waals surface area contributed by atoms with Crippen molar-refractivity contribution in [2.24, 2.45) is 5.92 Å². The van der Waals surface area contributed by atoms with E-state index in [2.05, 4.69) is 10.6 Å². The summed E-state index contributed by atoms with van der Waals surface area (Å²) in [6, 6.07) is 9.18. The van der Waals surface area contributed by atoms with Crippen LogP contribution < -0.4 is 10.6 Å². The first-order valence-electron chi connectivity index (χ1n) is 10.5. The number of hydrogen-bond acceptors (Lipinski definition) is 3. The van der Waals surface area contributed by atoms with Gasteiger partial charge in [-0.1, -0.05) is 37.5 Å². The van der Waals surface area contributed by atoms with Crippen molar-refractivity contribution in [3.05, 3.63) is 35.9 Å². The van der Waals surface area contributed by atoms with Crippen LogP contribution in [0.25, 0.3) is 0 Å². The highest BCUT2D eigenvalue weighted by atomic mass is 16.2. The number of hydrogen-bond donors (Lipinski definition) is 2. The summed E-state index contributed by atoms with van der Waals surface area (Å²) in [5, 5.41) is 5.99. The Labute approximate surface area is 167 Å². The lowest BCUT2D eigenvalue weighted by Gasteiger charge is -2.33. The van der Waals surface area contributed by atoms with Gasteiger partial charge in [-0.25, -0.2) is 0 Å². The molecule has 0 aromatic heterocycles. The molecule has 1 aliphatic heterocycles. The summed E-state index contributed by atoms with van der Waals surface area (Å²) < 4.78 is 0. The van der Waals surface area contributed by atoms with Gasteiger partial charge < -0.3 is 15.5 Å². The van der Waals surface area contributed by atoms with Crippen molar-refractivity contribution in [3.63, 3.8) is 0 Å². The second kappa shape index (κ2) is 10.2. The number of piperidine rings is 1. The molecule has 1 saturated carbocycles. The van der Waals surface area contributed by atoms with Crippen LogP contribution in [0.2, 0.25) is 0 Å². The van der Waals surface area contributed by atoms with Crippen molar-refractivity contribution in [2.75, 3.05) is 19.6 Å². The van der Waals surface area contributed by atoms with Crippen molar-refractivity contribution < 1.29 is 14.4 Å². The van der Waals surface area contributed by atoms with Crippen LogP contribution in [0.1, 0.15) is 61.7 Å². The molecule has 0 unspecified atom stereocenters. The minimum atomic E-state index is -0.155. The highest BCUT2D eigenvalue weighted by molar-refractivity contribution is 5.94. The molecule has 2 N–H and O–H groups in total. The third-order valence-corrected chi connectivity index (χ3v) is 5.83. The van der Waals surface area contributed by atoms with Crippen LogP contribution >= 0.6 is 0 Å². The molecular formula is C22H31N3O3. The van der Waals surface area contributed by atoms with Gasteiger partial charge in [0.2, 0.25) is 11.8 Å². The van der Waals surface area contributed by atoms with E-state index in [4.69, 9.17) is 0 Å². The molecule has 1 aromatic carbocycles. The topological polar surface area (TPSA) is 78.5 Å². The van der Waals surface area contributed by atoms with Gasteiger partial charge in [0.05, 0.1) is 0 Å². The summed E-state index contributed by atoms with van der Waals surface area (Å²) in [5.74, 6) is 0.290. The van der Waals surface area contributed by atoms with Gasteiger partial charge in [0.1, 0.15) is 0 Å². The fourth-order valence-electron chi connectivity index (χ4n) is 4.09. The first-order valence-corrected chi connectivity index (χ1v) is 10.5. The third kappa shape index (κ3) is 5.81. The summed E-state index contributed by atoms with van der Waals surface area (Å²) in [4.78, 5) is 38.6. The fourth-order valence-corrected chi connectivity index (χ4v) is 4.09. The molecule has 2 fully saturated rings. The molecule has 3 amide bonds. The average Bonchev–Trinajstić information content (AvgIpc) is 2.75. The lowest BCUT2D eigenvalue weighted by Crippen LogP contribution is -2.48. The Bertz CT molecular complexity index is 663. The zero-order valence-electron chi connectivity index (χ0n) is 16.5. The van der Waals surface area contributed by atoms with Crippen LogP contribution in [0, 0.1) is 5.92 Å². The minimum Gasteiger partial charge on any atom is -0.353 e. The van der Waals surface area contributed by atoms with E-state index in [0.29, 0.717) is 31.6 Å². The summed E-state index contributed by atoms with van der Waals surface area (Å²) in [5.41, 5.74) is 0.601. The number of benzene rings is 1. The molecule has 0 spiro atoms. The van der Waals surface area contributed by atoms with Gasteiger partial charge in [-0.05, 0) is 37.8 Å². The molecular weight excluding hydrogens is 354 g/mol. The quantitative estimate of drug-likeness (QED) is 0.790. The zero-order valence-corrected chi connectivity index (χ0v) is 16.5. The first kappa shape index (κ1) is 20.4. The van der Waals surface area contributed by atoms with E-state index < -0.39 is 0 Å². The maximum Gasteiger partial charge on any atom is 0.251 e. The number of likely N-dealkylation sites (tertiary alicyclic amines) is 1. The van der Waals surface area contributed by atoms with Crippen molar-refractivity contribution in [3.8, 4) is 0 Å². The molecule has 1 saturated heterocycles. The second-order valence-electron chi connectivity index (χ2n) is 7.87. The summed E-state index contributed by atoms with van der Waals surface area (Å²) >= 11 is 0. The van der Waals surface area contributed by atoms with Gasteiger partial charge >= 0.3 is 0 Å². The molecule has 6 heteroatoms. The van der Waals surface area contributed by atoms with E-state index in [1.54, 1.807) is 12.1 Å². The average molecular weight is 386 g/mol. The number of nitrogens with zero attached hydrogens (tertiary/aromatic N) is 1. The van der Waals surface area contributed by atoms with E-state index in [-0.39, 0.29) is 29.7 Å². The number of carbonyl (C=O) groups is 3. The summed E-state index contributed by atoms with van der Waals surface area (Å²) in [6.45, 7) is 1.67. The Morgan fingerprint density at radius 3 is 2.29 bits per heavy atom. The molecule has 0 radical (unpaired) electrons. The van der Waals surface area contributed by atoms with Gasteiger partial charge in [0.25, 0.3) is 5.91 Å². The Kier molecular flexibility index (Phi) is 7.46. The van der Waals surface area contributed by atoms with E-state index in [9.17, 15) is 14.4 Å². The normalized spacial score (nSPS) is 18.5. The maximum atomic E-state index is 12.4. The highest BCUT2D eigenvalue weighted by Gasteiger charge is 2.27. The number of nitrogens with one attached hydrogen (secondary N) is 2. The van der Waals surface area contributed by atoms with E-state index in [1.807, 2.05) is 23.1 Å². The van der Waals surface area contributed by atoms with Crippen LogP contribution in [-0.4, -0.2) is 48.3 Å². The third-order valence-electron chi connectivity index (χ3n) is 5.83. The fraction of sp³-hybridized carbons (Fsp3) is 0.591. The Morgan fingerprint density at radius 2 is 1.61 bits per heavy atom. The molecule has 6 nitrogen and oxygen atoms in total. The number of amides is 3. The predicted octanol–water partition coefficient (Wildman–Crippen LogP) is 2.49.